The van der Waals surface area contributed by atoms with Crippen LogP contribution in [0.25, 0.3) is 55.3 Å². The van der Waals surface area contributed by atoms with Crippen LogP contribution in [0.1, 0.15) is 49.9 Å². The Morgan fingerprint density at radius 2 is 0.880 bits per heavy atom. The van der Waals surface area contributed by atoms with Crippen molar-refractivity contribution in [2.75, 3.05) is 4.90 Å². The minimum Gasteiger partial charge on any atom is -0.456 e. The van der Waals surface area contributed by atoms with E-state index in [4.69, 9.17) is 4.42 Å². The Morgan fingerprint density at radius 3 is 1.52 bits per heavy atom. The van der Waals surface area contributed by atoms with Crippen molar-refractivity contribution >= 4 is 39.0 Å². The summed E-state index contributed by atoms with van der Waals surface area (Å²) in [5, 5.41) is 2.27. The van der Waals surface area contributed by atoms with E-state index in [2.05, 4.69) is 178 Å². The van der Waals surface area contributed by atoms with Crippen molar-refractivity contribution in [3.8, 4) is 33.4 Å². The van der Waals surface area contributed by atoms with Gasteiger partial charge < -0.3 is 9.32 Å². The van der Waals surface area contributed by atoms with Gasteiger partial charge in [0.25, 0.3) is 0 Å². The fraction of sp³-hybridized carbons (Fsp3) is 0.125. The van der Waals surface area contributed by atoms with Gasteiger partial charge >= 0.3 is 0 Å². The van der Waals surface area contributed by atoms with E-state index < -0.39 is 0 Å². The molecule has 7 aromatic carbocycles. The van der Waals surface area contributed by atoms with E-state index in [9.17, 15) is 0 Å². The molecule has 0 radical (unpaired) electrons. The maximum Gasteiger partial charge on any atom is 0.135 e. The van der Waals surface area contributed by atoms with Gasteiger partial charge in [-0.1, -0.05) is 143 Å². The van der Waals surface area contributed by atoms with Crippen LogP contribution in [0, 0.1) is 0 Å². The summed E-state index contributed by atoms with van der Waals surface area (Å²) in [6, 6.07) is 55.6. The lowest BCUT2D eigenvalue weighted by Gasteiger charge is -2.32. The van der Waals surface area contributed by atoms with E-state index in [0.29, 0.717) is 0 Å². The lowest BCUT2D eigenvalue weighted by Crippen LogP contribution is -2.17. The maximum absolute atomic E-state index is 6.26. The Labute approximate surface area is 293 Å². The Kier molecular flexibility index (Phi) is 6.01. The molecule has 2 aliphatic carbocycles. The molecule has 2 aliphatic rings. The first-order chi connectivity index (χ1) is 24.3. The molecule has 0 atom stereocenters. The van der Waals surface area contributed by atoms with Gasteiger partial charge in [0.05, 0.1) is 17.1 Å². The van der Waals surface area contributed by atoms with Gasteiger partial charge in [-0.05, 0) is 75.3 Å². The fourth-order valence-corrected chi connectivity index (χ4v) is 9.04. The zero-order chi connectivity index (χ0) is 33.8. The Balaban J connectivity index is 1.30. The molecule has 10 rings (SSSR count). The molecule has 0 fully saturated rings. The fourth-order valence-electron chi connectivity index (χ4n) is 9.04. The Morgan fingerprint density at radius 1 is 0.400 bits per heavy atom. The zero-order valence-electron chi connectivity index (χ0n) is 28.8. The average molecular weight is 644 g/mol. The summed E-state index contributed by atoms with van der Waals surface area (Å²) in [6.07, 6.45) is 0. The van der Waals surface area contributed by atoms with Crippen molar-refractivity contribution in [3.63, 3.8) is 0 Å². The molecule has 0 unspecified atom stereocenters. The zero-order valence-corrected chi connectivity index (χ0v) is 28.8. The third-order valence-electron chi connectivity index (χ3n) is 11.5. The molecule has 1 heterocycles. The molecule has 0 spiro atoms. The van der Waals surface area contributed by atoms with Crippen LogP contribution < -0.4 is 4.90 Å². The second kappa shape index (κ2) is 10.3. The van der Waals surface area contributed by atoms with E-state index in [1.165, 1.54) is 61.4 Å². The first kappa shape index (κ1) is 29.1. The molecule has 50 heavy (non-hydrogen) atoms. The topological polar surface area (TPSA) is 16.4 Å². The molecule has 0 saturated carbocycles. The highest BCUT2D eigenvalue weighted by Crippen LogP contribution is 2.58. The summed E-state index contributed by atoms with van der Waals surface area (Å²) in [4.78, 5) is 2.56. The number of anilines is 3. The second-order valence-electron chi connectivity index (χ2n) is 14.9. The van der Waals surface area contributed by atoms with Crippen molar-refractivity contribution in [1.82, 2.24) is 0 Å². The average Bonchev–Trinajstić information content (AvgIpc) is 3.72. The number of hydrogen-bond acceptors (Lipinski definition) is 2. The summed E-state index contributed by atoms with van der Waals surface area (Å²) >= 11 is 0. The van der Waals surface area contributed by atoms with Crippen LogP contribution in [0.3, 0.4) is 0 Å². The third kappa shape index (κ3) is 3.91. The van der Waals surface area contributed by atoms with Crippen LogP contribution in [-0.4, -0.2) is 0 Å². The Hall–Kier alpha value is -5.86. The SMILES string of the molecule is CC1(C)c2ccccc2-c2c(N(c3ccccc3-c3ccc4oc5ccccc5c4c3)c3cccc4c3-c3ccccc3C4(C)C)cccc21. The van der Waals surface area contributed by atoms with Crippen LogP contribution >= 0.6 is 0 Å². The van der Waals surface area contributed by atoms with Crippen LogP contribution in [0.5, 0.6) is 0 Å². The summed E-state index contributed by atoms with van der Waals surface area (Å²) in [5.74, 6) is 0. The number of fused-ring (bicyclic) bond motifs is 9. The molecule has 0 amide bonds. The Bertz CT molecular complexity index is 2560. The minimum atomic E-state index is -0.117. The molecule has 2 heteroatoms. The standard InChI is InChI=1S/C48H37NO/c1-47(2)36-19-9-5-17-33(36)45-38(47)21-13-24-41(45)49(42-25-14-22-39-46(42)34-18-6-10-20-37(34)48(39,3)4)40-23-11-7-15-31(40)30-27-28-44-35(29-30)32-16-8-12-26-43(32)50-44/h5-29H,1-4H3. The second-order valence-corrected chi connectivity index (χ2v) is 14.9. The van der Waals surface area contributed by atoms with Gasteiger partial charge in [-0.25, -0.2) is 0 Å². The number of hydrogen-bond donors (Lipinski definition) is 0. The number of rotatable bonds is 4. The van der Waals surface area contributed by atoms with E-state index in [1.807, 2.05) is 6.07 Å². The van der Waals surface area contributed by atoms with Gasteiger partial charge in [-0.15, -0.1) is 0 Å². The predicted molar refractivity (Wildman–Crippen MR) is 209 cm³/mol. The van der Waals surface area contributed by atoms with E-state index in [0.717, 1.165) is 33.2 Å². The molecule has 0 aliphatic heterocycles. The van der Waals surface area contributed by atoms with Crippen molar-refractivity contribution in [1.29, 1.82) is 0 Å². The largest absolute Gasteiger partial charge is 0.456 e. The lowest BCUT2D eigenvalue weighted by molar-refractivity contribution is 0.660. The molecule has 2 nitrogen and oxygen atoms in total. The maximum atomic E-state index is 6.26. The van der Waals surface area contributed by atoms with Crippen LogP contribution in [0.2, 0.25) is 0 Å². The predicted octanol–water partition coefficient (Wildman–Crippen LogP) is 13.3. The number of benzene rings is 7. The summed E-state index contributed by atoms with van der Waals surface area (Å²) in [6.45, 7) is 9.46. The highest BCUT2D eigenvalue weighted by atomic mass is 16.3. The van der Waals surface area contributed by atoms with E-state index in [-0.39, 0.29) is 10.8 Å². The molecule has 8 aromatic rings. The summed E-state index contributed by atoms with van der Waals surface area (Å²) < 4.78 is 6.26. The normalized spacial score (nSPS) is 14.7. The quantitative estimate of drug-likeness (QED) is 0.190. The highest BCUT2D eigenvalue weighted by Gasteiger charge is 2.41. The van der Waals surface area contributed by atoms with Crippen LogP contribution in [-0.2, 0) is 10.8 Å². The van der Waals surface area contributed by atoms with Gasteiger partial charge in [0.15, 0.2) is 0 Å². The molecule has 1 aromatic heterocycles. The lowest BCUT2D eigenvalue weighted by atomic mass is 9.82. The molecular formula is C48H37NO. The highest BCUT2D eigenvalue weighted by molar-refractivity contribution is 6.08. The summed E-state index contributed by atoms with van der Waals surface area (Å²) in [5.41, 5.74) is 18.1. The molecule has 240 valence electrons. The monoisotopic (exact) mass is 643 g/mol. The molecular weight excluding hydrogens is 607 g/mol. The smallest absolute Gasteiger partial charge is 0.135 e. The van der Waals surface area contributed by atoms with Gasteiger partial charge in [0.2, 0.25) is 0 Å². The van der Waals surface area contributed by atoms with Gasteiger partial charge in [-0.3, -0.25) is 0 Å². The van der Waals surface area contributed by atoms with Crippen molar-refractivity contribution in [3.05, 3.63) is 174 Å². The van der Waals surface area contributed by atoms with Gasteiger partial charge in [-0.2, -0.15) is 0 Å². The number of para-hydroxylation sites is 2. The number of furan rings is 1. The molecule has 0 N–H and O–H groups in total. The molecule has 0 bridgehead atoms. The first-order valence-electron chi connectivity index (χ1n) is 17.6. The number of nitrogens with zero attached hydrogens (tertiary/aromatic N) is 1. The van der Waals surface area contributed by atoms with Crippen LogP contribution in [0.4, 0.5) is 17.1 Å². The van der Waals surface area contributed by atoms with Gasteiger partial charge in [0, 0.05) is 38.3 Å². The van der Waals surface area contributed by atoms with E-state index >= 15 is 0 Å². The van der Waals surface area contributed by atoms with Crippen molar-refractivity contribution in [2.45, 2.75) is 38.5 Å². The van der Waals surface area contributed by atoms with Crippen molar-refractivity contribution in [2.24, 2.45) is 0 Å². The van der Waals surface area contributed by atoms with Crippen LogP contribution in [0.15, 0.2) is 156 Å². The molecule has 0 saturated heterocycles. The van der Waals surface area contributed by atoms with Gasteiger partial charge in [0.1, 0.15) is 11.2 Å². The minimum absolute atomic E-state index is 0.117. The third-order valence-corrected chi connectivity index (χ3v) is 11.5. The van der Waals surface area contributed by atoms with Crippen molar-refractivity contribution < 1.29 is 4.42 Å². The summed E-state index contributed by atoms with van der Waals surface area (Å²) in [7, 11) is 0. The first-order valence-corrected chi connectivity index (χ1v) is 17.6. The van der Waals surface area contributed by atoms with E-state index in [1.54, 1.807) is 0 Å².